The summed E-state index contributed by atoms with van der Waals surface area (Å²) in [4.78, 5) is 33.4. The molecule has 1 aliphatic rings. The Hall–Kier alpha value is -2.85. The zero-order valence-corrected chi connectivity index (χ0v) is 26.7. The number of nitrogens with one attached hydrogen (secondary N) is 1. The first-order valence-electron chi connectivity index (χ1n) is 14.7. The van der Waals surface area contributed by atoms with Gasteiger partial charge in [-0.05, 0) is 62.9 Å². The lowest BCUT2D eigenvalue weighted by Crippen LogP contribution is -2.32. The summed E-state index contributed by atoms with van der Waals surface area (Å²) in [6.45, 7) is 5.14. The molecule has 0 spiro atoms. The van der Waals surface area contributed by atoms with Crippen LogP contribution >= 0.6 is 27.5 Å². The molecular formula is C32H36BrClF3N3O3. The molecule has 1 aromatic heterocycles. The highest BCUT2D eigenvalue weighted by Gasteiger charge is 2.27. The fraction of sp³-hybridized carbons (Fsp3) is 0.469. The van der Waals surface area contributed by atoms with Gasteiger partial charge in [-0.3, -0.25) is 9.59 Å². The van der Waals surface area contributed by atoms with E-state index in [4.69, 9.17) is 21.3 Å². The number of carbonyl (C=O) groups is 2. The molecular weight excluding hydrogens is 647 g/mol. The second kappa shape index (κ2) is 15.2. The third kappa shape index (κ3) is 8.20. The van der Waals surface area contributed by atoms with Crippen LogP contribution in [0, 0.1) is 18.6 Å². The average Bonchev–Trinajstić information content (AvgIpc) is 3.25. The maximum absolute atomic E-state index is 15.0. The maximum atomic E-state index is 15.0. The van der Waals surface area contributed by atoms with E-state index in [9.17, 15) is 18.4 Å². The Labute approximate surface area is 263 Å². The summed E-state index contributed by atoms with van der Waals surface area (Å²) < 4.78 is 48.9. The first kappa shape index (κ1) is 33.1. The molecule has 1 amide bonds. The molecule has 0 bridgehead atoms. The van der Waals surface area contributed by atoms with E-state index in [0.717, 1.165) is 61.2 Å². The number of alkyl halides is 1. The van der Waals surface area contributed by atoms with E-state index in [0.29, 0.717) is 28.5 Å². The Morgan fingerprint density at radius 3 is 2.49 bits per heavy atom. The van der Waals surface area contributed by atoms with Crippen molar-refractivity contribution < 1.29 is 27.5 Å². The standard InChI is InChI=1S/C32H36BrClF3N3O3/c1-3-8-26(37)43-27(41)14-9-20(29-23(35)11-12-24(36)30(29)34)18-38-32(42)28-19(2)31(40-15-6-4-5-7-16-40)39-25-13-10-21(33)17-22(25)28/h10-13,17,20,26H,3-9,14-16,18H2,1-2H3,(H,38,42). The minimum Gasteiger partial charge on any atom is -0.431 e. The van der Waals surface area contributed by atoms with Crippen molar-refractivity contribution in [3.8, 4) is 0 Å². The topological polar surface area (TPSA) is 71.5 Å². The number of fused-ring (bicyclic) bond motifs is 1. The third-order valence-electron chi connectivity index (χ3n) is 7.77. The molecule has 3 aromatic rings. The molecule has 0 radical (unpaired) electrons. The smallest absolute Gasteiger partial charge is 0.308 e. The van der Waals surface area contributed by atoms with Gasteiger partial charge in [-0.2, -0.15) is 0 Å². The number of hydrogen-bond donors (Lipinski definition) is 1. The number of amides is 1. The summed E-state index contributed by atoms with van der Waals surface area (Å²) in [6.07, 6.45) is 2.82. The lowest BCUT2D eigenvalue weighted by molar-refractivity contribution is -0.158. The first-order valence-corrected chi connectivity index (χ1v) is 15.9. The number of benzene rings is 2. The number of pyridine rings is 1. The van der Waals surface area contributed by atoms with Gasteiger partial charge in [0, 0.05) is 59.4 Å². The molecule has 4 rings (SSSR count). The van der Waals surface area contributed by atoms with Crippen molar-refractivity contribution in [3.63, 3.8) is 0 Å². The number of nitrogens with zero attached hydrogens (tertiary/aromatic N) is 2. The van der Waals surface area contributed by atoms with Gasteiger partial charge in [-0.15, -0.1) is 0 Å². The molecule has 1 saturated heterocycles. The zero-order chi connectivity index (χ0) is 31.1. The van der Waals surface area contributed by atoms with E-state index in [1.54, 1.807) is 6.92 Å². The van der Waals surface area contributed by atoms with E-state index < -0.39 is 40.8 Å². The molecule has 0 saturated carbocycles. The Morgan fingerprint density at radius 1 is 1.09 bits per heavy atom. The first-order chi connectivity index (χ1) is 20.6. The molecule has 1 fully saturated rings. The molecule has 2 heterocycles. The van der Waals surface area contributed by atoms with Crippen molar-refractivity contribution in [1.82, 2.24) is 10.3 Å². The van der Waals surface area contributed by atoms with Crippen molar-refractivity contribution in [2.45, 2.75) is 77.5 Å². The van der Waals surface area contributed by atoms with Crippen LogP contribution in [0.2, 0.25) is 5.02 Å². The number of carbonyl (C=O) groups excluding carboxylic acids is 2. The van der Waals surface area contributed by atoms with E-state index in [-0.39, 0.29) is 31.4 Å². The predicted molar refractivity (Wildman–Crippen MR) is 166 cm³/mol. The molecule has 43 heavy (non-hydrogen) atoms. The molecule has 1 aliphatic heterocycles. The summed E-state index contributed by atoms with van der Waals surface area (Å²) in [6, 6.07) is 7.41. The van der Waals surface area contributed by atoms with Crippen molar-refractivity contribution in [2.75, 3.05) is 24.5 Å². The largest absolute Gasteiger partial charge is 0.431 e. The fourth-order valence-corrected chi connectivity index (χ4v) is 6.22. The predicted octanol–water partition coefficient (Wildman–Crippen LogP) is 8.55. The SMILES string of the molecule is CCCC(F)OC(=O)CCC(CNC(=O)c1c(C)c(N2CCCCCC2)nc2ccc(Br)cc12)c1c(F)ccc(F)c1Cl. The van der Waals surface area contributed by atoms with Crippen LogP contribution in [0.5, 0.6) is 0 Å². The van der Waals surface area contributed by atoms with Gasteiger partial charge in [0.05, 0.1) is 16.1 Å². The van der Waals surface area contributed by atoms with Gasteiger partial charge in [0.1, 0.15) is 17.5 Å². The summed E-state index contributed by atoms with van der Waals surface area (Å²) in [7, 11) is 0. The Bertz CT molecular complexity index is 1470. The van der Waals surface area contributed by atoms with E-state index >= 15 is 4.39 Å². The number of ether oxygens (including phenoxy) is 1. The lowest BCUT2D eigenvalue weighted by atomic mass is 9.92. The highest BCUT2D eigenvalue weighted by atomic mass is 79.9. The van der Waals surface area contributed by atoms with Gasteiger partial charge in [0.15, 0.2) is 0 Å². The number of esters is 1. The zero-order valence-electron chi connectivity index (χ0n) is 24.3. The summed E-state index contributed by atoms with van der Waals surface area (Å²) in [5.41, 5.74) is 1.63. The number of rotatable bonds is 11. The quantitative estimate of drug-likeness (QED) is 0.162. The highest BCUT2D eigenvalue weighted by molar-refractivity contribution is 9.10. The number of aromatic nitrogens is 1. The van der Waals surface area contributed by atoms with Crippen LogP contribution in [-0.2, 0) is 9.53 Å². The average molecular weight is 683 g/mol. The van der Waals surface area contributed by atoms with Crippen LogP contribution < -0.4 is 10.2 Å². The van der Waals surface area contributed by atoms with Crippen molar-refractivity contribution >= 4 is 56.1 Å². The van der Waals surface area contributed by atoms with Gasteiger partial charge in [0.2, 0.25) is 6.36 Å². The fourth-order valence-electron chi connectivity index (χ4n) is 5.55. The molecule has 2 unspecified atom stereocenters. The summed E-state index contributed by atoms with van der Waals surface area (Å²) >= 11 is 9.67. The van der Waals surface area contributed by atoms with Crippen LogP contribution in [0.3, 0.4) is 0 Å². The Morgan fingerprint density at radius 2 is 1.79 bits per heavy atom. The van der Waals surface area contributed by atoms with Crippen molar-refractivity contribution in [3.05, 3.63) is 68.2 Å². The molecule has 0 aliphatic carbocycles. The summed E-state index contributed by atoms with van der Waals surface area (Å²) in [5.74, 6) is -2.99. The number of anilines is 1. The van der Waals surface area contributed by atoms with Gasteiger partial charge < -0.3 is 15.0 Å². The van der Waals surface area contributed by atoms with Gasteiger partial charge in [0.25, 0.3) is 5.91 Å². The summed E-state index contributed by atoms with van der Waals surface area (Å²) in [5, 5.41) is 3.09. The van der Waals surface area contributed by atoms with Gasteiger partial charge in [-0.1, -0.05) is 47.3 Å². The molecule has 11 heteroatoms. The Kier molecular flexibility index (Phi) is 11.7. The molecule has 2 aromatic carbocycles. The Balaban J connectivity index is 1.65. The van der Waals surface area contributed by atoms with Crippen molar-refractivity contribution in [1.29, 1.82) is 0 Å². The van der Waals surface area contributed by atoms with E-state index in [1.807, 2.05) is 25.1 Å². The highest BCUT2D eigenvalue weighted by Crippen LogP contribution is 2.34. The van der Waals surface area contributed by atoms with E-state index in [2.05, 4.69) is 26.1 Å². The normalized spacial score (nSPS) is 15.2. The molecule has 2 atom stereocenters. The molecule has 232 valence electrons. The van der Waals surface area contributed by atoms with Gasteiger partial charge >= 0.3 is 5.97 Å². The van der Waals surface area contributed by atoms with Gasteiger partial charge in [-0.25, -0.2) is 18.2 Å². The second-order valence-corrected chi connectivity index (χ2v) is 12.2. The second-order valence-electron chi connectivity index (χ2n) is 10.9. The minimum absolute atomic E-state index is 0.0568. The third-order valence-corrected chi connectivity index (χ3v) is 8.64. The minimum atomic E-state index is -1.74. The van der Waals surface area contributed by atoms with Crippen LogP contribution in [0.15, 0.2) is 34.8 Å². The molecule has 1 N–H and O–H groups in total. The van der Waals surface area contributed by atoms with Crippen LogP contribution in [0.1, 0.15) is 85.7 Å². The maximum Gasteiger partial charge on any atom is 0.308 e. The monoisotopic (exact) mass is 681 g/mol. The lowest BCUT2D eigenvalue weighted by Gasteiger charge is -2.26. The number of halogens is 5. The van der Waals surface area contributed by atoms with Crippen LogP contribution in [0.25, 0.3) is 10.9 Å². The van der Waals surface area contributed by atoms with Crippen LogP contribution in [-0.4, -0.2) is 42.9 Å². The van der Waals surface area contributed by atoms with Crippen LogP contribution in [0.4, 0.5) is 19.0 Å². The molecule has 6 nitrogen and oxygen atoms in total. The van der Waals surface area contributed by atoms with Crippen molar-refractivity contribution in [2.24, 2.45) is 0 Å². The number of hydrogen-bond acceptors (Lipinski definition) is 5. The van der Waals surface area contributed by atoms with E-state index in [1.165, 1.54) is 0 Å².